The zero-order valence-electron chi connectivity index (χ0n) is 12.7. The average molecular weight is 333 g/mol. The van der Waals surface area contributed by atoms with Gasteiger partial charge >= 0.3 is 0 Å². The predicted octanol–water partition coefficient (Wildman–Crippen LogP) is 1.04. The average Bonchev–Trinajstić information content (AvgIpc) is 2.83. The van der Waals surface area contributed by atoms with E-state index < -0.39 is 9.84 Å². The van der Waals surface area contributed by atoms with Gasteiger partial charge in [0.2, 0.25) is 15.0 Å². The summed E-state index contributed by atoms with van der Waals surface area (Å²) in [6.07, 6.45) is 2.33. The van der Waals surface area contributed by atoms with E-state index in [-0.39, 0.29) is 17.6 Å². The van der Waals surface area contributed by atoms with E-state index in [1.54, 1.807) is 12.0 Å². The lowest BCUT2D eigenvalue weighted by Crippen LogP contribution is -2.23. The van der Waals surface area contributed by atoms with Gasteiger partial charge in [0.15, 0.2) is 0 Å². The summed E-state index contributed by atoms with van der Waals surface area (Å²) in [6, 6.07) is 7.40. The van der Waals surface area contributed by atoms with E-state index in [1.807, 2.05) is 24.3 Å². The number of carbonyl (C=O) groups excluding carboxylic acids is 1. The molecule has 0 atom stereocenters. The summed E-state index contributed by atoms with van der Waals surface area (Å²) >= 11 is 0. The maximum atomic E-state index is 12.4. The second kappa shape index (κ2) is 5.62. The standard InChI is InChI=1S/C15H15N3O4S/c1-22-11-5-3-10(4-6-11)8-18-9-13-12(14(18)19)7-16-15(17-13)23(2,20)21/h3-7H,8-9H2,1-2H3. The smallest absolute Gasteiger partial charge is 0.258 e. The third kappa shape index (κ3) is 3.02. The van der Waals surface area contributed by atoms with E-state index >= 15 is 0 Å². The molecule has 3 rings (SSSR count). The van der Waals surface area contributed by atoms with E-state index in [0.717, 1.165) is 17.6 Å². The van der Waals surface area contributed by atoms with Gasteiger partial charge in [0, 0.05) is 19.0 Å². The van der Waals surface area contributed by atoms with Crippen LogP contribution in [-0.2, 0) is 22.9 Å². The van der Waals surface area contributed by atoms with Gasteiger partial charge in [-0.1, -0.05) is 12.1 Å². The van der Waals surface area contributed by atoms with Crippen molar-refractivity contribution < 1.29 is 17.9 Å². The zero-order chi connectivity index (χ0) is 16.6. The molecule has 1 aliphatic rings. The third-order valence-corrected chi connectivity index (χ3v) is 4.43. The molecule has 0 aliphatic carbocycles. The Morgan fingerprint density at radius 2 is 1.96 bits per heavy atom. The van der Waals surface area contributed by atoms with Crippen LogP contribution < -0.4 is 4.74 Å². The van der Waals surface area contributed by atoms with Crippen molar-refractivity contribution in [3.8, 4) is 5.75 Å². The van der Waals surface area contributed by atoms with Gasteiger partial charge in [-0.25, -0.2) is 18.4 Å². The summed E-state index contributed by atoms with van der Waals surface area (Å²) in [5.41, 5.74) is 1.74. The molecule has 0 N–H and O–H groups in total. The van der Waals surface area contributed by atoms with Gasteiger partial charge in [0.25, 0.3) is 5.91 Å². The molecule has 0 fully saturated rings. The van der Waals surface area contributed by atoms with E-state index in [9.17, 15) is 13.2 Å². The molecule has 2 heterocycles. The van der Waals surface area contributed by atoms with Gasteiger partial charge in [-0.3, -0.25) is 4.79 Å². The van der Waals surface area contributed by atoms with Crippen LogP contribution in [0.15, 0.2) is 35.6 Å². The Morgan fingerprint density at radius 1 is 1.26 bits per heavy atom. The number of carbonyl (C=O) groups is 1. The molecule has 0 radical (unpaired) electrons. The van der Waals surface area contributed by atoms with Crippen molar-refractivity contribution in [1.29, 1.82) is 0 Å². The number of aromatic nitrogens is 2. The normalized spacial score (nSPS) is 14.0. The monoisotopic (exact) mass is 333 g/mol. The van der Waals surface area contributed by atoms with E-state index in [4.69, 9.17) is 4.74 Å². The van der Waals surface area contributed by atoms with Crippen LogP contribution in [0.25, 0.3) is 0 Å². The number of hydrogen-bond acceptors (Lipinski definition) is 6. The van der Waals surface area contributed by atoms with Gasteiger partial charge in [0.05, 0.1) is 24.9 Å². The van der Waals surface area contributed by atoms with Gasteiger partial charge in [-0.15, -0.1) is 0 Å². The Balaban J connectivity index is 1.82. The number of fused-ring (bicyclic) bond motifs is 1. The van der Waals surface area contributed by atoms with Crippen LogP contribution in [0.1, 0.15) is 21.6 Å². The molecule has 0 saturated carbocycles. The summed E-state index contributed by atoms with van der Waals surface area (Å²) in [6.45, 7) is 0.679. The van der Waals surface area contributed by atoms with Crippen molar-refractivity contribution in [1.82, 2.24) is 14.9 Å². The van der Waals surface area contributed by atoms with Gasteiger partial charge in [-0.05, 0) is 17.7 Å². The quantitative estimate of drug-likeness (QED) is 0.777. The molecule has 1 aliphatic heterocycles. The lowest BCUT2D eigenvalue weighted by Gasteiger charge is -2.15. The second-order valence-corrected chi connectivity index (χ2v) is 7.20. The molecule has 0 bridgehead atoms. The number of sulfone groups is 1. The molecular weight excluding hydrogens is 318 g/mol. The first kappa shape index (κ1) is 15.4. The highest BCUT2D eigenvalue weighted by molar-refractivity contribution is 7.90. The molecule has 8 heteroatoms. The molecule has 2 aromatic rings. The van der Waals surface area contributed by atoms with Crippen LogP contribution in [0.2, 0.25) is 0 Å². The fraction of sp³-hybridized carbons (Fsp3) is 0.267. The van der Waals surface area contributed by atoms with Crippen molar-refractivity contribution in [3.63, 3.8) is 0 Å². The minimum absolute atomic E-state index is 0.198. The molecule has 1 aromatic heterocycles. The SMILES string of the molecule is COc1ccc(CN2Cc3nc(S(C)(=O)=O)ncc3C2=O)cc1. The summed E-state index contributed by atoms with van der Waals surface area (Å²) < 4.78 is 28.1. The van der Waals surface area contributed by atoms with E-state index in [1.165, 1.54) is 6.20 Å². The highest BCUT2D eigenvalue weighted by Crippen LogP contribution is 2.23. The Hall–Kier alpha value is -2.48. The van der Waals surface area contributed by atoms with Gasteiger partial charge < -0.3 is 9.64 Å². The molecule has 120 valence electrons. The fourth-order valence-corrected chi connectivity index (χ4v) is 2.90. The van der Waals surface area contributed by atoms with Crippen molar-refractivity contribution in [2.75, 3.05) is 13.4 Å². The number of amides is 1. The lowest BCUT2D eigenvalue weighted by molar-refractivity contribution is 0.0766. The minimum atomic E-state index is -3.49. The van der Waals surface area contributed by atoms with Gasteiger partial charge in [-0.2, -0.15) is 0 Å². The second-order valence-electron chi connectivity index (χ2n) is 5.29. The number of hydrogen-bond donors (Lipinski definition) is 0. The Labute approximate surface area is 133 Å². The summed E-state index contributed by atoms with van der Waals surface area (Å²) in [7, 11) is -1.90. The van der Waals surface area contributed by atoms with E-state index in [2.05, 4.69) is 9.97 Å². The minimum Gasteiger partial charge on any atom is -0.497 e. The lowest BCUT2D eigenvalue weighted by atomic mass is 10.2. The maximum absolute atomic E-state index is 12.4. The first-order valence-electron chi connectivity index (χ1n) is 6.86. The number of ether oxygens (including phenoxy) is 1. The van der Waals surface area contributed by atoms with Crippen LogP contribution in [-0.4, -0.2) is 42.6 Å². The topological polar surface area (TPSA) is 89.5 Å². The molecule has 0 spiro atoms. The number of methoxy groups -OCH3 is 1. The molecule has 0 unspecified atom stereocenters. The van der Waals surface area contributed by atoms with Crippen LogP contribution in [0.3, 0.4) is 0 Å². The summed E-state index contributed by atoms with van der Waals surface area (Å²) in [5.74, 6) is 0.546. The van der Waals surface area contributed by atoms with Crippen molar-refractivity contribution in [3.05, 3.63) is 47.3 Å². The highest BCUT2D eigenvalue weighted by Gasteiger charge is 2.30. The maximum Gasteiger partial charge on any atom is 0.258 e. The van der Waals surface area contributed by atoms with Crippen molar-refractivity contribution in [2.45, 2.75) is 18.2 Å². The predicted molar refractivity (Wildman–Crippen MR) is 81.7 cm³/mol. The third-order valence-electron chi connectivity index (χ3n) is 3.57. The summed E-state index contributed by atoms with van der Waals surface area (Å²) in [5, 5.41) is -0.254. The number of nitrogens with zero attached hydrogens (tertiary/aromatic N) is 3. The van der Waals surface area contributed by atoms with Crippen molar-refractivity contribution in [2.24, 2.45) is 0 Å². The Bertz CT molecular complexity index is 863. The Kier molecular flexibility index (Phi) is 3.77. The van der Waals surface area contributed by atoms with Crippen LogP contribution in [0.4, 0.5) is 0 Å². The van der Waals surface area contributed by atoms with Crippen LogP contribution in [0, 0.1) is 0 Å². The number of benzene rings is 1. The first-order chi connectivity index (χ1) is 10.9. The molecular formula is C15H15N3O4S. The van der Waals surface area contributed by atoms with Crippen LogP contribution >= 0.6 is 0 Å². The Morgan fingerprint density at radius 3 is 2.57 bits per heavy atom. The van der Waals surface area contributed by atoms with Crippen molar-refractivity contribution >= 4 is 15.7 Å². The first-order valence-corrected chi connectivity index (χ1v) is 8.76. The molecule has 7 nitrogen and oxygen atoms in total. The summed E-state index contributed by atoms with van der Waals surface area (Å²) in [4.78, 5) is 21.7. The van der Waals surface area contributed by atoms with Gasteiger partial charge in [0.1, 0.15) is 5.75 Å². The fourth-order valence-electron chi connectivity index (χ4n) is 2.38. The highest BCUT2D eigenvalue weighted by atomic mass is 32.2. The molecule has 1 amide bonds. The molecule has 23 heavy (non-hydrogen) atoms. The molecule has 0 saturated heterocycles. The zero-order valence-corrected chi connectivity index (χ0v) is 13.5. The number of rotatable bonds is 4. The van der Waals surface area contributed by atoms with Crippen LogP contribution in [0.5, 0.6) is 5.75 Å². The van der Waals surface area contributed by atoms with E-state index in [0.29, 0.717) is 17.8 Å². The molecule has 1 aromatic carbocycles. The largest absolute Gasteiger partial charge is 0.497 e.